The largest absolute Gasteiger partial charge is 0.480 e. The van der Waals surface area contributed by atoms with E-state index >= 15 is 0 Å². The maximum Gasteiger partial charge on any atom is 0.329 e. The van der Waals surface area contributed by atoms with Gasteiger partial charge in [0.15, 0.2) is 0 Å². The van der Waals surface area contributed by atoms with Gasteiger partial charge in [0, 0.05) is 17.7 Å². The van der Waals surface area contributed by atoms with Crippen LogP contribution in [0.5, 0.6) is 0 Å². The number of hydrogen-bond donors (Lipinski definition) is 1. The molecule has 0 spiro atoms. The number of nitrogens with zero attached hydrogens (tertiary/aromatic N) is 2. The molecular weight excluding hydrogens is 439 g/mol. The average molecular weight is 469 g/mol. The molecule has 0 radical (unpaired) electrons. The van der Waals surface area contributed by atoms with Crippen LogP contribution in [-0.4, -0.2) is 40.3 Å². The lowest BCUT2D eigenvalue weighted by Crippen LogP contribution is -2.23. The number of carbonyl (C=O) groups is 1. The van der Waals surface area contributed by atoms with E-state index in [9.17, 15) is 9.18 Å². The van der Waals surface area contributed by atoms with Gasteiger partial charge >= 0.3 is 5.97 Å². The summed E-state index contributed by atoms with van der Waals surface area (Å²) in [6.07, 6.45) is 6.20. The molecule has 0 aliphatic heterocycles. The first kappa shape index (κ1) is 23.5. The summed E-state index contributed by atoms with van der Waals surface area (Å²) in [7, 11) is 0. The third-order valence-corrected chi connectivity index (χ3v) is 6.94. The lowest BCUT2D eigenvalue weighted by Gasteiger charge is -2.28. The zero-order chi connectivity index (χ0) is 23.2. The predicted octanol–water partition coefficient (Wildman–Crippen LogP) is 5.99. The molecule has 1 aliphatic rings. The highest BCUT2D eigenvalue weighted by Crippen LogP contribution is 2.40. The van der Waals surface area contributed by atoms with Crippen molar-refractivity contribution in [1.29, 1.82) is 0 Å². The van der Waals surface area contributed by atoms with Crippen LogP contribution in [0.1, 0.15) is 25.7 Å². The molecule has 1 aliphatic carbocycles. The summed E-state index contributed by atoms with van der Waals surface area (Å²) >= 11 is 1.63. The predicted molar refractivity (Wildman–Crippen MR) is 129 cm³/mol. The van der Waals surface area contributed by atoms with Crippen molar-refractivity contribution in [3.8, 4) is 22.4 Å². The van der Waals surface area contributed by atoms with Crippen molar-refractivity contribution in [1.82, 2.24) is 9.78 Å². The molecule has 2 aromatic carbocycles. The summed E-state index contributed by atoms with van der Waals surface area (Å²) in [6.45, 7) is 1.08. The molecule has 1 heterocycles. The first-order chi connectivity index (χ1) is 16.0. The van der Waals surface area contributed by atoms with E-state index in [1.165, 1.54) is 12.1 Å². The summed E-state index contributed by atoms with van der Waals surface area (Å²) in [6, 6.07) is 16.9. The monoisotopic (exact) mass is 468 g/mol. The fourth-order valence-corrected chi connectivity index (χ4v) is 5.22. The second-order valence-electron chi connectivity index (χ2n) is 8.58. The molecule has 0 saturated heterocycles. The Hall–Kier alpha value is -2.64. The third kappa shape index (κ3) is 5.84. The number of benzene rings is 2. The van der Waals surface area contributed by atoms with Crippen LogP contribution >= 0.6 is 11.8 Å². The van der Waals surface area contributed by atoms with Gasteiger partial charge in [-0.1, -0.05) is 30.3 Å². The van der Waals surface area contributed by atoms with Gasteiger partial charge < -0.3 is 9.84 Å². The molecule has 1 fully saturated rings. The summed E-state index contributed by atoms with van der Waals surface area (Å²) in [5.74, 6) is -0.274. The highest BCUT2D eigenvalue weighted by atomic mass is 32.2. The summed E-state index contributed by atoms with van der Waals surface area (Å²) in [5, 5.41) is 14.7. The minimum Gasteiger partial charge on any atom is -0.480 e. The molecule has 0 amide bonds. The van der Waals surface area contributed by atoms with E-state index in [4.69, 9.17) is 14.9 Å². The molecule has 0 bridgehead atoms. The third-order valence-electron chi connectivity index (χ3n) is 6.27. The maximum absolute atomic E-state index is 13.7. The van der Waals surface area contributed by atoms with Crippen molar-refractivity contribution in [3.63, 3.8) is 0 Å². The maximum atomic E-state index is 13.7. The Morgan fingerprint density at radius 3 is 2.36 bits per heavy atom. The van der Waals surface area contributed by atoms with Crippen LogP contribution in [0.2, 0.25) is 0 Å². The summed E-state index contributed by atoms with van der Waals surface area (Å²) in [4.78, 5) is 10.7. The second kappa shape index (κ2) is 11.0. The van der Waals surface area contributed by atoms with E-state index in [0.717, 1.165) is 59.6 Å². The van der Waals surface area contributed by atoms with Crippen LogP contribution in [0.4, 0.5) is 4.39 Å². The number of carboxylic acids is 1. The van der Waals surface area contributed by atoms with Crippen LogP contribution in [0.15, 0.2) is 59.6 Å². The fourth-order valence-electron chi connectivity index (χ4n) is 4.62. The van der Waals surface area contributed by atoms with E-state index in [-0.39, 0.29) is 12.4 Å². The molecule has 3 aromatic rings. The Labute approximate surface area is 198 Å². The standard InChI is InChI=1S/C26H29FN2O3S/c1-33-26-24(20-5-3-2-4-6-20)25(21-11-13-22(27)14-12-21)29(28-26)15-18-7-9-19(10-8-18)16-32-17-23(30)31/h2-6,11-14,18-19H,7-10,15-17H2,1H3,(H,30,31). The molecular formula is C26H29FN2O3S. The number of aromatic nitrogens is 2. The number of carboxylic acid groups (broad SMARTS) is 1. The van der Waals surface area contributed by atoms with Crippen LogP contribution < -0.4 is 0 Å². The molecule has 4 rings (SSSR count). The van der Waals surface area contributed by atoms with Gasteiger partial charge in [-0.3, -0.25) is 4.68 Å². The fraction of sp³-hybridized carbons (Fsp3) is 0.385. The Balaban J connectivity index is 1.58. The van der Waals surface area contributed by atoms with Crippen LogP contribution in [0.3, 0.4) is 0 Å². The summed E-state index contributed by atoms with van der Waals surface area (Å²) in [5.41, 5.74) is 4.17. The molecule has 33 heavy (non-hydrogen) atoms. The van der Waals surface area contributed by atoms with E-state index in [2.05, 4.69) is 16.8 Å². The zero-order valence-electron chi connectivity index (χ0n) is 18.7. The van der Waals surface area contributed by atoms with Gasteiger partial charge in [0.1, 0.15) is 17.5 Å². The first-order valence-corrected chi connectivity index (χ1v) is 12.5. The Bertz CT molecular complexity index is 1060. The average Bonchev–Trinajstić information content (AvgIpc) is 3.19. The topological polar surface area (TPSA) is 64.4 Å². The normalized spacial score (nSPS) is 18.4. The van der Waals surface area contributed by atoms with Crippen molar-refractivity contribution in [2.24, 2.45) is 11.8 Å². The van der Waals surface area contributed by atoms with Crippen molar-refractivity contribution in [2.75, 3.05) is 19.5 Å². The summed E-state index contributed by atoms with van der Waals surface area (Å²) < 4.78 is 21.1. The number of thioether (sulfide) groups is 1. The molecule has 0 atom stereocenters. The lowest BCUT2D eigenvalue weighted by molar-refractivity contribution is -0.142. The SMILES string of the molecule is CSc1nn(CC2CCC(COCC(=O)O)CC2)c(-c2ccc(F)cc2)c1-c1ccccc1. The van der Waals surface area contributed by atoms with E-state index in [0.29, 0.717) is 18.4 Å². The number of rotatable bonds is 9. The molecule has 1 saturated carbocycles. The number of hydrogen-bond acceptors (Lipinski definition) is 4. The van der Waals surface area contributed by atoms with E-state index in [1.54, 1.807) is 11.8 Å². The number of aliphatic carboxylic acids is 1. The van der Waals surface area contributed by atoms with Crippen LogP contribution in [0.25, 0.3) is 22.4 Å². The lowest BCUT2D eigenvalue weighted by atomic mass is 9.82. The van der Waals surface area contributed by atoms with Gasteiger partial charge in [0.2, 0.25) is 0 Å². The van der Waals surface area contributed by atoms with Crippen molar-refractivity contribution in [2.45, 2.75) is 37.3 Å². The van der Waals surface area contributed by atoms with Crippen molar-refractivity contribution >= 4 is 17.7 Å². The quantitative estimate of drug-likeness (QED) is 0.391. The van der Waals surface area contributed by atoms with Gasteiger partial charge in [-0.15, -0.1) is 11.8 Å². The minimum absolute atomic E-state index is 0.228. The zero-order valence-corrected chi connectivity index (χ0v) is 19.6. The molecule has 174 valence electrons. The van der Waals surface area contributed by atoms with Gasteiger partial charge in [0.25, 0.3) is 0 Å². The van der Waals surface area contributed by atoms with Crippen molar-refractivity contribution in [3.05, 3.63) is 60.4 Å². The second-order valence-corrected chi connectivity index (χ2v) is 9.38. The van der Waals surface area contributed by atoms with Crippen LogP contribution in [-0.2, 0) is 16.1 Å². The molecule has 5 nitrogen and oxygen atoms in total. The van der Waals surface area contributed by atoms with Gasteiger partial charge in [0.05, 0.1) is 12.3 Å². The van der Waals surface area contributed by atoms with Crippen LogP contribution in [0, 0.1) is 17.7 Å². The Morgan fingerprint density at radius 1 is 1.06 bits per heavy atom. The first-order valence-electron chi connectivity index (χ1n) is 11.3. The number of ether oxygens (including phenoxy) is 1. The van der Waals surface area contributed by atoms with Gasteiger partial charge in [-0.25, -0.2) is 9.18 Å². The minimum atomic E-state index is -0.922. The highest BCUT2D eigenvalue weighted by Gasteiger charge is 2.26. The Kier molecular flexibility index (Phi) is 7.83. The van der Waals surface area contributed by atoms with E-state index in [1.807, 2.05) is 36.6 Å². The van der Waals surface area contributed by atoms with E-state index < -0.39 is 5.97 Å². The molecule has 1 aromatic heterocycles. The molecule has 0 unspecified atom stereocenters. The Morgan fingerprint density at radius 2 is 1.73 bits per heavy atom. The van der Waals surface area contributed by atoms with Gasteiger partial charge in [-0.2, -0.15) is 5.10 Å². The smallest absolute Gasteiger partial charge is 0.329 e. The number of halogens is 1. The molecule has 7 heteroatoms. The van der Waals surface area contributed by atoms with Crippen molar-refractivity contribution < 1.29 is 19.0 Å². The molecule has 1 N–H and O–H groups in total. The highest BCUT2D eigenvalue weighted by molar-refractivity contribution is 7.98. The van der Waals surface area contributed by atoms with Gasteiger partial charge in [-0.05, 0) is 73.6 Å².